The molecule has 0 fully saturated rings. The Morgan fingerprint density at radius 3 is 2.40 bits per heavy atom. The molecule has 2 rings (SSSR count). The number of hydrogen-bond acceptors (Lipinski definition) is 4. The first kappa shape index (κ1) is 13.9. The lowest BCUT2D eigenvalue weighted by Gasteiger charge is -2.08. The zero-order valence-corrected chi connectivity index (χ0v) is 11.6. The van der Waals surface area contributed by atoms with Crippen molar-refractivity contribution in [1.29, 1.82) is 0 Å². The molecule has 20 heavy (non-hydrogen) atoms. The minimum Gasteiger partial charge on any atom is -0.497 e. The average molecular weight is 271 g/mol. The van der Waals surface area contributed by atoms with Gasteiger partial charge < -0.3 is 15.2 Å². The molecule has 4 nitrogen and oxygen atoms in total. The van der Waals surface area contributed by atoms with Crippen molar-refractivity contribution >= 4 is 11.5 Å². The zero-order chi connectivity index (χ0) is 14.5. The predicted octanol–water partition coefficient (Wildman–Crippen LogP) is 2.71. The van der Waals surface area contributed by atoms with E-state index in [1.807, 2.05) is 24.3 Å². The molecular weight excluding hydrogens is 254 g/mol. The standard InChI is InChI=1S/C16H17NO3/c1-19-12-5-3-4-11(8-12)9-16(18)14-7-6-13(20-2)10-15(14)17/h3-8,10H,9,17H2,1-2H3. The van der Waals surface area contributed by atoms with Crippen LogP contribution in [0.1, 0.15) is 15.9 Å². The third kappa shape index (κ3) is 3.09. The number of carbonyl (C=O) groups is 1. The molecule has 0 aliphatic heterocycles. The smallest absolute Gasteiger partial charge is 0.169 e. The number of methoxy groups -OCH3 is 2. The molecule has 2 aromatic rings. The number of nitrogen functional groups attached to an aromatic ring is 1. The van der Waals surface area contributed by atoms with Gasteiger partial charge in [0.05, 0.1) is 14.2 Å². The lowest BCUT2D eigenvalue weighted by molar-refractivity contribution is 0.0994. The van der Waals surface area contributed by atoms with Crippen molar-refractivity contribution in [2.75, 3.05) is 20.0 Å². The minimum absolute atomic E-state index is 0.0293. The molecule has 0 amide bonds. The summed E-state index contributed by atoms with van der Waals surface area (Å²) in [4.78, 5) is 12.3. The Bertz CT molecular complexity index is 623. The first-order chi connectivity index (χ1) is 9.63. The highest BCUT2D eigenvalue weighted by Gasteiger charge is 2.11. The number of hydrogen-bond donors (Lipinski definition) is 1. The van der Waals surface area contributed by atoms with Crippen LogP contribution in [0.2, 0.25) is 0 Å². The topological polar surface area (TPSA) is 61.5 Å². The van der Waals surface area contributed by atoms with E-state index in [1.165, 1.54) is 0 Å². The Balaban J connectivity index is 2.19. The van der Waals surface area contributed by atoms with Gasteiger partial charge in [-0.2, -0.15) is 0 Å². The van der Waals surface area contributed by atoms with Gasteiger partial charge in [0.25, 0.3) is 0 Å². The summed E-state index contributed by atoms with van der Waals surface area (Å²) in [5.74, 6) is 1.34. The molecule has 2 N–H and O–H groups in total. The number of rotatable bonds is 5. The van der Waals surface area contributed by atoms with Crippen LogP contribution in [-0.2, 0) is 6.42 Å². The summed E-state index contributed by atoms with van der Waals surface area (Å²) in [6, 6.07) is 12.5. The summed E-state index contributed by atoms with van der Waals surface area (Å²) in [5, 5.41) is 0. The summed E-state index contributed by atoms with van der Waals surface area (Å²) >= 11 is 0. The SMILES string of the molecule is COc1cccc(CC(=O)c2ccc(OC)cc2N)c1. The number of benzene rings is 2. The molecule has 0 unspecified atom stereocenters. The van der Waals surface area contributed by atoms with Gasteiger partial charge in [-0.25, -0.2) is 0 Å². The Labute approximate surface area is 118 Å². The van der Waals surface area contributed by atoms with Crippen LogP contribution in [0.15, 0.2) is 42.5 Å². The van der Waals surface area contributed by atoms with E-state index in [0.717, 1.165) is 11.3 Å². The van der Waals surface area contributed by atoms with Gasteiger partial charge in [-0.05, 0) is 29.8 Å². The van der Waals surface area contributed by atoms with E-state index in [4.69, 9.17) is 15.2 Å². The monoisotopic (exact) mass is 271 g/mol. The zero-order valence-electron chi connectivity index (χ0n) is 11.6. The van der Waals surface area contributed by atoms with Crippen molar-refractivity contribution in [2.24, 2.45) is 0 Å². The van der Waals surface area contributed by atoms with E-state index in [2.05, 4.69) is 0 Å². The maximum Gasteiger partial charge on any atom is 0.169 e. The first-order valence-electron chi connectivity index (χ1n) is 6.23. The lowest BCUT2D eigenvalue weighted by atomic mass is 10.0. The van der Waals surface area contributed by atoms with E-state index in [0.29, 0.717) is 17.0 Å². The fourth-order valence-electron chi connectivity index (χ4n) is 1.98. The second-order valence-electron chi connectivity index (χ2n) is 4.40. The van der Waals surface area contributed by atoms with E-state index >= 15 is 0 Å². The summed E-state index contributed by atoms with van der Waals surface area (Å²) in [5.41, 5.74) is 7.71. The number of Topliss-reactive ketones (excluding diaryl/α,β-unsaturated/α-hetero) is 1. The van der Waals surface area contributed by atoms with Crippen LogP contribution in [-0.4, -0.2) is 20.0 Å². The number of carbonyl (C=O) groups excluding carboxylic acids is 1. The maximum atomic E-state index is 12.3. The van der Waals surface area contributed by atoms with Gasteiger partial charge in [-0.15, -0.1) is 0 Å². The van der Waals surface area contributed by atoms with Crippen molar-refractivity contribution in [3.63, 3.8) is 0 Å². The Hall–Kier alpha value is -2.49. The lowest BCUT2D eigenvalue weighted by Crippen LogP contribution is -2.07. The van der Waals surface area contributed by atoms with Crippen LogP contribution in [0.25, 0.3) is 0 Å². The molecule has 0 saturated carbocycles. The second kappa shape index (κ2) is 6.10. The van der Waals surface area contributed by atoms with Crippen molar-refractivity contribution < 1.29 is 14.3 Å². The third-order valence-corrected chi connectivity index (χ3v) is 3.06. The molecule has 0 aliphatic rings. The first-order valence-corrected chi connectivity index (χ1v) is 6.23. The number of ketones is 1. The van der Waals surface area contributed by atoms with Gasteiger partial charge in [-0.1, -0.05) is 12.1 Å². The Morgan fingerprint density at radius 2 is 1.75 bits per heavy atom. The van der Waals surface area contributed by atoms with E-state index < -0.39 is 0 Å². The Kier molecular flexibility index (Phi) is 4.25. The van der Waals surface area contributed by atoms with Gasteiger partial charge >= 0.3 is 0 Å². The highest BCUT2D eigenvalue weighted by molar-refractivity contribution is 6.02. The summed E-state index contributed by atoms with van der Waals surface area (Å²) < 4.78 is 10.2. The van der Waals surface area contributed by atoms with Crippen LogP contribution in [0.5, 0.6) is 11.5 Å². The fourth-order valence-corrected chi connectivity index (χ4v) is 1.98. The molecular formula is C16H17NO3. The molecule has 0 aliphatic carbocycles. The summed E-state index contributed by atoms with van der Waals surface area (Å²) in [7, 11) is 3.16. The van der Waals surface area contributed by atoms with E-state index in [-0.39, 0.29) is 12.2 Å². The molecule has 2 aromatic carbocycles. The van der Waals surface area contributed by atoms with Crippen LogP contribution < -0.4 is 15.2 Å². The molecule has 0 saturated heterocycles. The van der Waals surface area contributed by atoms with Crippen molar-refractivity contribution in [2.45, 2.75) is 6.42 Å². The van der Waals surface area contributed by atoms with Crippen LogP contribution in [0, 0.1) is 0 Å². The highest BCUT2D eigenvalue weighted by Crippen LogP contribution is 2.22. The third-order valence-electron chi connectivity index (χ3n) is 3.06. The highest BCUT2D eigenvalue weighted by atomic mass is 16.5. The van der Waals surface area contributed by atoms with Gasteiger partial charge in [-0.3, -0.25) is 4.79 Å². The van der Waals surface area contributed by atoms with Crippen LogP contribution in [0.4, 0.5) is 5.69 Å². The second-order valence-corrected chi connectivity index (χ2v) is 4.40. The minimum atomic E-state index is -0.0293. The number of nitrogens with two attached hydrogens (primary N) is 1. The molecule has 0 atom stereocenters. The normalized spacial score (nSPS) is 10.1. The van der Waals surface area contributed by atoms with E-state index in [9.17, 15) is 4.79 Å². The predicted molar refractivity (Wildman–Crippen MR) is 78.4 cm³/mol. The number of anilines is 1. The molecule has 0 bridgehead atoms. The Morgan fingerprint density at radius 1 is 1.05 bits per heavy atom. The molecule has 0 radical (unpaired) electrons. The molecule has 104 valence electrons. The van der Waals surface area contributed by atoms with Gasteiger partial charge in [0.1, 0.15) is 11.5 Å². The fraction of sp³-hybridized carbons (Fsp3) is 0.188. The van der Waals surface area contributed by atoms with Crippen molar-refractivity contribution in [1.82, 2.24) is 0 Å². The van der Waals surface area contributed by atoms with Gasteiger partial charge in [0.15, 0.2) is 5.78 Å². The average Bonchev–Trinajstić information content (AvgIpc) is 2.47. The van der Waals surface area contributed by atoms with Gasteiger partial charge in [0, 0.05) is 23.7 Å². The molecule has 0 heterocycles. The molecule has 4 heteroatoms. The van der Waals surface area contributed by atoms with Crippen LogP contribution in [0.3, 0.4) is 0 Å². The maximum absolute atomic E-state index is 12.3. The quantitative estimate of drug-likeness (QED) is 0.671. The van der Waals surface area contributed by atoms with Gasteiger partial charge in [0.2, 0.25) is 0 Å². The van der Waals surface area contributed by atoms with Crippen LogP contribution >= 0.6 is 0 Å². The largest absolute Gasteiger partial charge is 0.497 e. The van der Waals surface area contributed by atoms with Crippen molar-refractivity contribution in [3.05, 3.63) is 53.6 Å². The number of ether oxygens (including phenoxy) is 2. The molecule has 0 spiro atoms. The molecule has 0 aromatic heterocycles. The summed E-state index contributed by atoms with van der Waals surface area (Å²) in [6.07, 6.45) is 0.285. The summed E-state index contributed by atoms with van der Waals surface area (Å²) in [6.45, 7) is 0. The van der Waals surface area contributed by atoms with Crippen molar-refractivity contribution in [3.8, 4) is 11.5 Å². The van der Waals surface area contributed by atoms with E-state index in [1.54, 1.807) is 32.4 Å².